The van der Waals surface area contributed by atoms with E-state index in [0.29, 0.717) is 32.2 Å². The summed E-state index contributed by atoms with van der Waals surface area (Å²) in [4.78, 5) is 54.1. The summed E-state index contributed by atoms with van der Waals surface area (Å²) in [6, 6.07) is -1.69. The maximum absolute atomic E-state index is 13.6. The van der Waals surface area contributed by atoms with Crippen molar-refractivity contribution < 1.29 is 36.6 Å². The second kappa shape index (κ2) is 11.6. The Morgan fingerprint density at radius 1 is 1.16 bits per heavy atom. The quantitative estimate of drug-likeness (QED) is 0.443. The zero-order chi connectivity index (χ0) is 28.3. The topological polar surface area (TPSA) is 154 Å². The standard InChI is InChI=1S/C25H41N5O7S.3H2/c1-24(2,3)37-23(34)26-18-13-10-8-6-7-9-12-17-16-25(17,22(33)28-38(35,36)29(4)5)27-20(31)19-14-11-15-30(19)21(18)32;;;/h9,12,17-19H,6-8,10-11,13-16H2,1-5H3,(H,26,34)(H,27,31)(H,28,33);3*1H/b12-9-;;;/t17-,18+,19+,25-;;;/m1.../s1. The second-order valence-electron chi connectivity index (χ2n) is 11.4. The zero-order valence-electron chi connectivity index (χ0n) is 22.9. The molecule has 0 unspecified atom stereocenters. The molecule has 0 aromatic rings. The van der Waals surface area contributed by atoms with Crippen LogP contribution in [0.25, 0.3) is 0 Å². The largest absolute Gasteiger partial charge is 0.444 e. The minimum absolute atomic E-state index is 0. The number of hydrogen-bond donors (Lipinski definition) is 3. The van der Waals surface area contributed by atoms with E-state index in [2.05, 4.69) is 15.4 Å². The van der Waals surface area contributed by atoms with Crippen molar-refractivity contribution >= 4 is 34.0 Å². The van der Waals surface area contributed by atoms with E-state index in [9.17, 15) is 27.6 Å². The number of alkyl carbamates (subject to hydrolysis) is 1. The van der Waals surface area contributed by atoms with E-state index in [-0.39, 0.29) is 22.5 Å². The lowest BCUT2D eigenvalue weighted by Crippen LogP contribution is -2.58. The van der Waals surface area contributed by atoms with Crippen molar-refractivity contribution in [1.29, 1.82) is 0 Å². The number of amides is 4. The van der Waals surface area contributed by atoms with Crippen LogP contribution in [0.4, 0.5) is 4.79 Å². The molecule has 1 aliphatic carbocycles. The number of carbonyl (C=O) groups excluding carboxylic acids is 4. The third-order valence-corrected chi connectivity index (χ3v) is 8.43. The number of allylic oxidation sites excluding steroid dienone is 1. The minimum Gasteiger partial charge on any atom is -0.444 e. The Bertz CT molecular complexity index is 1080. The van der Waals surface area contributed by atoms with Crippen LogP contribution in [0.2, 0.25) is 0 Å². The monoisotopic (exact) mass is 561 g/mol. The Morgan fingerprint density at radius 3 is 2.53 bits per heavy atom. The van der Waals surface area contributed by atoms with Crippen LogP contribution in [0.5, 0.6) is 0 Å². The lowest BCUT2D eigenvalue weighted by molar-refractivity contribution is -0.141. The fourth-order valence-corrected chi connectivity index (χ4v) is 5.44. The van der Waals surface area contributed by atoms with Gasteiger partial charge in [0.05, 0.1) is 0 Å². The van der Waals surface area contributed by atoms with Gasteiger partial charge in [-0.05, 0) is 59.3 Å². The SMILES string of the molecule is CN(C)S(=O)(=O)NC(=O)[C@@]12C[C@H]1/C=C\CCCCC[C@H](NC(=O)OC(C)(C)C)C(=O)N1CCC[C@H]1C(=O)N2.[HH].[HH].[HH]. The van der Waals surface area contributed by atoms with Crippen molar-refractivity contribution in [3.63, 3.8) is 0 Å². The average Bonchev–Trinajstić information content (AvgIpc) is 3.26. The summed E-state index contributed by atoms with van der Waals surface area (Å²) >= 11 is 0. The molecule has 38 heavy (non-hydrogen) atoms. The molecule has 12 nitrogen and oxygen atoms in total. The zero-order valence-corrected chi connectivity index (χ0v) is 23.7. The summed E-state index contributed by atoms with van der Waals surface area (Å²) in [5.74, 6) is -2.06. The van der Waals surface area contributed by atoms with E-state index >= 15 is 0 Å². The van der Waals surface area contributed by atoms with Gasteiger partial charge in [0, 0.05) is 30.8 Å². The molecule has 3 rings (SSSR count). The maximum Gasteiger partial charge on any atom is 0.408 e. The van der Waals surface area contributed by atoms with Crippen molar-refractivity contribution in [3.05, 3.63) is 12.2 Å². The Kier molecular flexibility index (Phi) is 9.12. The third-order valence-electron chi connectivity index (χ3n) is 7.03. The van der Waals surface area contributed by atoms with Crippen LogP contribution >= 0.6 is 0 Å². The van der Waals surface area contributed by atoms with Gasteiger partial charge in [0.15, 0.2) is 0 Å². The number of fused-ring (bicyclic) bond motifs is 2. The number of ether oxygens (including phenoxy) is 1. The van der Waals surface area contributed by atoms with Gasteiger partial charge < -0.3 is 20.3 Å². The number of nitrogens with zero attached hydrogens (tertiary/aromatic N) is 2. The predicted octanol–water partition coefficient (Wildman–Crippen LogP) is 1.93. The highest BCUT2D eigenvalue weighted by atomic mass is 32.2. The number of rotatable bonds is 4. The van der Waals surface area contributed by atoms with Crippen LogP contribution in [0.3, 0.4) is 0 Å². The van der Waals surface area contributed by atoms with Gasteiger partial charge >= 0.3 is 16.3 Å². The molecule has 2 fully saturated rings. The van der Waals surface area contributed by atoms with E-state index in [1.54, 1.807) is 20.8 Å². The summed E-state index contributed by atoms with van der Waals surface area (Å²) in [5, 5.41) is 5.48. The van der Waals surface area contributed by atoms with Gasteiger partial charge in [0.2, 0.25) is 11.8 Å². The van der Waals surface area contributed by atoms with Gasteiger partial charge in [0.25, 0.3) is 5.91 Å². The summed E-state index contributed by atoms with van der Waals surface area (Å²) in [6.45, 7) is 5.54. The molecule has 0 aromatic carbocycles. The molecule has 1 saturated carbocycles. The van der Waals surface area contributed by atoms with Gasteiger partial charge in [-0.15, -0.1) is 0 Å². The van der Waals surface area contributed by atoms with Crippen molar-refractivity contribution in [2.24, 2.45) is 5.92 Å². The van der Waals surface area contributed by atoms with E-state index in [0.717, 1.165) is 23.6 Å². The lowest BCUT2D eigenvalue weighted by Gasteiger charge is -2.30. The van der Waals surface area contributed by atoms with Gasteiger partial charge in [-0.1, -0.05) is 25.0 Å². The first-order valence-electron chi connectivity index (χ1n) is 13.2. The Labute approximate surface area is 229 Å². The first-order chi connectivity index (χ1) is 17.7. The molecule has 3 N–H and O–H groups in total. The molecule has 220 valence electrons. The number of nitrogens with one attached hydrogen (secondary N) is 3. The van der Waals surface area contributed by atoms with Gasteiger partial charge in [-0.2, -0.15) is 12.7 Å². The molecule has 2 aliphatic heterocycles. The molecular formula is C25H47N5O7S. The summed E-state index contributed by atoms with van der Waals surface area (Å²) in [7, 11) is -1.45. The molecule has 0 bridgehead atoms. The first-order valence-corrected chi connectivity index (χ1v) is 14.6. The smallest absolute Gasteiger partial charge is 0.408 e. The van der Waals surface area contributed by atoms with E-state index in [1.165, 1.54) is 19.0 Å². The van der Waals surface area contributed by atoms with Crippen LogP contribution in [0, 0.1) is 5.92 Å². The molecule has 3 aliphatic rings. The van der Waals surface area contributed by atoms with Crippen LogP contribution in [0.15, 0.2) is 12.2 Å². The van der Waals surface area contributed by atoms with E-state index in [4.69, 9.17) is 4.74 Å². The number of hydrogen-bond acceptors (Lipinski definition) is 7. The highest BCUT2D eigenvalue weighted by molar-refractivity contribution is 7.87. The summed E-state index contributed by atoms with van der Waals surface area (Å²) in [6.07, 6.45) is 7.82. The molecule has 13 heteroatoms. The molecule has 0 radical (unpaired) electrons. The van der Waals surface area contributed by atoms with Crippen LogP contribution in [-0.4, -0.2) is 85.3 Å². The highest BCUT2D eigenvalue weighted by Crippen LogP contribution is 2.45. The molecule has 0 spiro atoms. The molecular weight excluding hydrogens is 514 g/mol. The second-order valence-corrected chi connectivity index (χ2v) is 13.3. The third kappa shape index (κ3) is 7.25. The number of carbonyl (C=O) groups is 4. The van der Waals surface area contributed by atoms with Crippen LogP contribution in [0.1, 0.15) is 76.4 Å². The Balaban J connectivity index is 0.00000533. The molecule has 0 aromatic heterocycles. The molecule has 4 amide bonds. The van der Waals surface area contributed by atoms with Gasteiger partial charge in [-0.3, -0.25) is 14.4 Å². The fourth-order valence-electron chi connectivity index (χ4n) is 4.84. The van der Waals surface area contributed by atoms with Crippen molar-refractivity contribution in [2.75, 3.05) is 20.6 Å². The Hall–Kier alpha value is -2.67. The molecule has 1 saturated heterocycles. The molecule has 4 atom stereocenters. The Morgan fingerprint density at radius 2 is 1.87 bits per heavy atom. The highest BCUT2D eigenvalue weighted by Gasteiger charge is 2.61. The normalized spacial score (nSPS) is 29.7. The molecule has 2 heterocycles. The fraction of sp³-hybridized carbons (Fsp3) is 0.760. The van der Waals surface area contributed by atoms with Gasteiger partial charge in [0.1, 0.15) is 23.2 Å². The van der Waals surface area contributed by atoms with Gasteiger partial charge in [-0.25, -0.2) is 9.52 Å². The van der Waals surface area contributed by atoms with Crippen molar-refractivity contribution in [3.8, 4) is 0 Å². The van der Waals surface area contributed by atoms with E-state index in [1.807, 2.05) is 12.2 Å². The van der Waals surface area contributed by atoms with E-state index < -0.39 is 51.3 Å². The average molecular weight is 562 g/mol. The summed E-state index contributed by atoms with van der Waals surface area (Å²) in [5.41, 5.74) is -2.15. The predicted molar refractivity (Wildman–Crippen MR) is 146 cm³/mol. The minimum atomic E-state index is -4.06. The van der Waals surface area contributed by atoms with Crippen molar-refractivity contribution in [1.82, 2.24) is 24.6 Å². The van der Waals surface area contributed by atoms with Crippen molar-refractivity contribution in [2.45, 2.75) is 95.4 Å². The summed E-state index contributed by atoms with van der Waals surface area (Å²) < 4.78 is 33.0. The maximum atomic E-state index is 13.6. The van der Waals surface area contributed by atoms with Crippen LogP contribution in [-0.2, 0) is 29.3 Å². The first kappa shape index (κ1) is 29.9. The lowest BCUT2D eigenvalue weighted by atomic mass is 10.0. The van der Waals surface area contributed by atoms with Crippen LogP contribution < -0.4 is 15.4 Å².